The summed E-state index contributed by atoms with van der Waals surface area (Å²) in [6, 6.07) is 9.37. The monoisotopic (exact) mass is 333 g/mol. The Kier molecular flexibility index (Phi) is 4.63. The highest BCUT2D eigenvalue weighted by Crippen LogP contribution is 2.49. The van der Waals surface area contributed by atoms with E-state index in [9.17, 15) is 0 Å². The second-order valence-electron chi connectivity index (χ2n) is 7.01. The maximum atomic E-state index is 2.43. The number of hydrogen-bond acceptors (Lipinski definition) is 2. The van der Waals surface area contributed by atoms with Crippen LogP contribution < -0.4 is 0 Å². The van der Waals surface area contributed by atoms with Gasteiger partial charge >= 0.3 is 0 Å². The largest absolute Gasteiger partial charge is 0.305 e. The summed E-state index contributed by atoms with van der Waals surface area (Å²) in [4.78, 5) is 2.34. The zero-order valence-electron chi connectivity index (χ0n) is 13.3. The molecule has 1 saturated carbocycles. The van der Waals surface area contributed by atoms with Gasteiger partial charge in [0.2, 0.25) is 0 Å². The quantitative estimate of drug-likeness (QED) is 0.721. The first-order valence-electron chi connectivity index (χ1n) is 8.05. The number of benzene rings is 1. The van der Waals surface area contributed by atoms with E-state index in [1.807, 2.05) is 11.3 Å². The van der Waals surface area contributed by atoms with E-state index in [1.165, 1.54) is 41.3 Å². The van der Waals surface area contributed by atoms with Gasteiger partial charge in [0, 0.05) is 11.2 Å². The molecule has 1 aromatic carbocycles. The SMILES string of the molecule is CN(C)CC1=C(c2ccc3sccc3c2)[C@@H]2CC[C@H](C1)C2.Cl. The van der Waals surface area contributed by atoms with Crippen molar-refractivity contribution in [2.24, 2.45) is 11.8 Å². The molecule has 0 amide bonds. The Bertz CT molecular complexity index is 700. The fourth-order valence-corrected chi connectivity index (χ4v) is 5.15. The second-order valence-corrected chi connectivity index (χ2v) is 7.96. The lowest BCUT2D eigenvalue weighted by atomic mass is 9.79. The molecule has 4 rings (SSSR count). The van der Waals surface area contributed by atoms with Crippen molar-refractivity contribution in [3.8, 4) is 0 Å². The first-order valence-corrected chi connectivity index (χ1v) is 8.93. The topological polar surface area (TPSA) is 3.24 Å². The summed E-state index contributed by atoms with van der Waals surface area (Å²) in [5.41, 5.74) is 4.88. The van der Waals surface area contributed by atoms with Crippen molar-refractivity contribution in [3.63, 3.8) is 0 Å². The first-order chi connectivity index (χ1) is 10.2. The van der Waals surface area contributed by atoms with Gasteiger partial charge in [-0.3, -0.25) is 0 Å². The van der Waals surface area contributed by atoms with Crippen molar-refractivity contribution in [2.75, 3.05) is 20.6 Å². The van der Waals surface area contributed by atoms with Crippen molar-refractivity contribution >= 4 is 39.4 Å². The normalized spacial score (nSPS) is 24.1. The number of fused-ring (bicyclic) bond motifs is 3. The average Bonchev–Trinajstić information content (AvgIpc) is 3.05. The molecule has 2 aliphatic rings. The summed E-state index contributed by atoms with van der Waals surface area (Å²) in [7, 11) is 4.40. The molecule has 2 bridgehead atoms. The van der Waals surface area contributed by atoms with Gasteiger partial charge < -0.3 is 4.90 Å². The van der Waals surface area contributed by atoms with E-state index < -0.39 is 0 Å². The third-order valence-electron chi connectivity index (χ3n) is 5.14. The molecule has 2 aromatic rings. The van der Waals surface area contributed by atoms with Crippen LogP contribution in [0.15, 0.2) is 35.2 Å². The average molecular weight is 334 g/mol. The van der Waals surface area contributed by atoms with Crippen molar-refractivity contribution < 1.29 is 0 Å². The fourth-order valence-electron chi connectivity index (χ4n) is 4.38. The van der Waals surface area contributed by atoms with Crippen LogP contribution in [0.3, 0.4) is 0 Å². The van der Waals surface area contributed by atoms with Crippen LogP contribution in [-0.2, 0) is 0 Å². The summed E-state index contributed by atoms with van der Waals surface area (Å²) >= 11 is 1.84. The predicted molar refractivity (Wildman–Crippen MR) is 100.0 cm³/mol. The molecule has 0 radical (unpaired) electrons. The highest BCUT2D eigenvalue weighted by atomic mass is 35.5. The second kappa shape index (κ2) is 6.35. The summed E-state index contributed by atoms with van der Waals surface area (Å²) in [6.45, 7) is 1.13. The van der Waals surface area contributed by atoms with Crippen LogP contribution in [0.25, 0.3) is 15.7 Å². The lowest BCUT2D eigenvalue weighted by Gasteiger charge is -2.29. The minimum atomic E-state index is 0. The van der Waals surface area contributed by atoms with Gasteiger partial charge in [0.1, 0.15) is 0 Å². The van der Waals surface area contributed by atoms with Crippen LogP contribution >= 0.6 is 23.7 Å². The van der Waals surface area contributed by atoms with E-state index in [0.29, 0.717) is 0 Å². The maximum absolute atomic E-state index is 2.43. The third kappa shape index (κ3) is 2.84. The van der Waals surface area contributed by atoms with Gasteiger partial charge in [0.05, 0.1) is 0 Å². The molecule has 1 nitrogen and oxygen atoms in total. The number of allylic oxidation sites excluding steroid dienone is 1. The smallest absolute Gasteiger partial charge is 0.0343 e. The minimum Gasteiger partial charge on any atom is -0.305 e. The third-order valence-corrected chi connectivity index (χ3v) is 6.03. The van der Waals surface area contributed by atoms with Crippen molar-refractivity contribution in [2.45, 2.75) is 25.7 Å². The molecule has 2 atom stereocenters. The molecule has 0 N–H and O–H groups in total. The zero-order valence-corrected chi connectivity index (χ0v) is 15.0. The molecule has 0 spiro atoms. The summed E-state index contributed by atoms with van der Waals surface area (Å²) in [5.74, 6) is 1.77. The minimum absolute atomic E-state index is 0. The van der Waals surface area contributed by atoms with Crippen LogP contribution in [-0.4, -0.2) is 25.5 Å². The lowest BCUT2D eigenvalue weighted by molar-refractivity contribution is 0.413. The van der Waals surface area contributed by atoms with Crippen molar-refractivity contribution in [1.82, 2.24) is 4.90 Å². The predicted octanol–water partition coefficient (Wildman–Crippen LogP) is 5.46. The summed E-state index contributed by atoms with van der Waals surface area (Å²) in [6.07, 6.45) is 5.59. The van der Waals surface area contributed by atoms with Gasteiger partial charge in [0.25, 0.3) is 0 Å². The molecule has 3 heteroatoms. The Morgan fingerprint density at radius 1 is 1.18 bits per heavy atom. The Hall–Kier alpha value is -0.830. The number of likely N-dealkylation sites (N-methyl/N-ethyl adjacent to an activating group) is 1. The number of thiophene rings is 1. The molecule has 22 heavy (non-hydrogen) atoms. The molecular weight excluding hydrogens is 310 g/mol. The molecule has 118 valence electrons. The number of halogens is 1. The highest BCUT2D eigenvalue weighted by molar-refractivity contribution is 7.17. The Labute approximate surface area is 143 Å². The van der Waals surface area contributed by atoms with Crippen molar-refractivity contribution in [3.05, 3.63) is 40.8 Å². The molecule has 1 heterocycles. The molecule has 1 aromatic heterocycles. The molecule has 2 aliphatic carbocycles. The van der Waals surface area contributed by atoms with Gasteiger partial charge in [-0.15, -0.1) is 23.7 Å². The highest BCUT2D eigenvalue weighted by Gasteiger charge is 2.35. The standard InChI is InChI=1S/C19H23NS.ClH/c1-20(2)12-17-10-13-3-4-15(9-13)19(17)16-5-6-18-14(11-16)7-8-21-18;/h5-8,11,13,15H,3-4,9-10,12H2,1-2H3;1H/t13-,15+;/m0./s1. The Morgan fingerprint density at radius 2 is 2.05 bits per heavy atom. The van der Waals surface area contributed by atoms with E-state index >= 15 is 0 Å². The van der Waals surface area contributed by atoms with Gasteiger partial charge in [-0.05, 0) is 91.7 Å². The van der Waals surface area contributed by atoms with Crippen LogP contribution in [0.4, 0.5) is 0 Å². The number of hydrogen-bond donors (Lipinski definition) is 0. The maximum Gasteiger partial charge on any atom is 0.0343 e. The van der Waals surface area contributed by atoms with E-state index in [1.54, 1.807) is 11.1 Å². The van der Waals surface area contributed by atoms with E-state index in [2.05, 4.69) is 48.6 Å². The fraction of sp³-hybridized carbons (Fsp3) is 0.474. The van der Waals surface area contributed by atoms with Crippen LogP contribution in [0.2, 0.25) is 0 Å². The summed E-state index contributed by atoms with van der Waals surface area (Å²) in [5, 5.41) is 3.62. The Balaban J connectivity index is 0.00000144. The molecule has 0 aliphatic heterocycles. The molecule has 0 unspecified atom stereocenters. The van der Waals surface area contributed by atoms with Crippen molar-refractivity contribution in [1.29, 1.82) is 0 Å². The van der Waals surface area contributed by atoms with Gasteiger partial charge in [-0.2, -0.15) is 0 Å². The van der Waals surface area contributed by atoms with Gasteiger partial charge in [0.15, 0.2) is 0 Å². The van der Waals surface area contributed by atoms with E-state index in [-0.39, 0.29) is 12.4 Å². The van der Waals surface area contributed by atoms with Gasteiger partial charge in [-0.25, -0.2) is 0 Å². The number of rotatable bonds is 3. The summed E-state index contributed by atoms with van der Waals surface area (Å²) < 4.78 is 1.41. The zero-order chi connectivity index (χ0) is 14.4. The molecule has 1 fully saturated rings. The Morgan fingerprint density at radius 3 is 2.86 bits per heavy atom. The van der Waals surface area contributed by atoms with Crippen LogP contribution in [0, 0.1) is 11.8 Å². The van der Waals surface area contributed by atoms with Crippen LogP contribution in [0.5, 0.6) is 0 Å². The lowest BCUT2D eigenvalue weighted by Crippen LogP contribution is -2.21. The molecular formula is C19H24ClNS. The van der Waals surface area contributed by atoms with Gasteiger partial charge in [-0.1, -0.05) is 11.6 Å². The van der Waals surface area contributed by atoms with E-state index in [4.69, 9.17) is 0 Å². The van der Waals surface area contributed by atoms with E-state index in [0.717, 1.165) is 18.4 Å². The first kappa shape index (κ1) is 16.0. The van der Waals surface area contributed by atoms with Crippen LogP contribution in [0.1, 0.15) is 31.2 Å². The number of nitrogens with zero attached hydrogens (tertiary/aromatic N) is 1. The molecule has 0 saturated heterocycles.